The molecule has 3 aromatic rings. The predicted octanol–water partition coefficient (Wildman–Crippen LogP) is 3.97. The number of carbonyl (C=O) groups is 1. The normalized spacial score (nSPS) is 16.1. The Morgan fingerprint density at radius 1 is 1.24 bits per heavy atom. The van der Waals surface area contributed by atoms with E-state index in [0.29, 0.717) is 37.7 Å². The lowest BCUT2D eigenvalue weighted by Gasteiger charge is -2.32. The van der Waals surface area contributed by atoms with Crippen molar-refractivity contribution < 1.29 is 14.3 Å². The number of ether oxygens (including phenoxy) is 2. The lowest BCUT2D eigenvalue weighted by Crippen LogP contribution is -2.47. The van der Waals surface area contributed by atoms with E-state index in [1.165, 1.54) is 0 Å². The van der Waals surface area contributed by atoms with Crippen LogP contribution in [0.4, 0.5) is 0 Å². The number of benzene rings is 1. The van der Waals surface area contributed by atoms with Crippen LogP contribution in [-0.2, 0) is 11.2 Å². The molecule has 1 atom stereocenters. The van der Waals surface area contributed by atoms with Crippen LogP contribution in [-0.4, -0.2) is 63.0 Å². The Balaban J connectivity index is 1.45. The van der Waals surface area contributed by atoms with Gasteiger partial charge in [0.2, 0.25) is 5.88 Å². The standard InChI is InChI=1S/C26H33N5O3/c1-5-9-23-22(15-27-31(23)20-10-7-6-8-11-20)26(32)30-12-13-33-21(16-30)17-34-24-14-19(4)28-25(29-24)18(2)3/h6-8,10-11,14-15,18,21H,5,9,12-13,16-17H2,1-4H3. The summed E-state index contributed by atoms with van der Waals surface area (Å²) in [4.78, 5) is 24.3. The molecule has 1 amide bonds. The molecular formula is C26H33N5O3. The van der Waals surface area contributed by atoms with Gasteiger partial charge in [0.15, 0.2) is 0 Å². The third-order valence-corrected chi connectivity index (χ3v) is 5.79. The molecule has 34 heavy (non-hydrogen) atoms. The maximum absolute atomic E-state index is 13.5. The molecule has 4 rings (SSSR count). The Morgan fingerprint density at radius 2 is 2.03 bits per heavy atom. The first-order valence-corrected chi connectivity index (χ1v) is 12.0. The summed E-state index contributed by atoms with van der Waals surface area (Å²) in [6, 6.07) is 11.8. The van der Waals surface area contributed by atoms with Gasteiger partial charge in [-0.1, -0.05) is 45.4 Å². The number of aryl methyl sites for hydroxylation is 1. The number of hydrogen-bond acceptors (Lipinski definition) is 6. The maximum atomic E-state index is 13.5. The number of carbonyl (C=O) groups excluding carboxylic acids is 1. The number of nitrogens with zero attached hydrogens (tertiary/aromatic N) is 5. The topological polar surface area (TPSA) is 82.4 Å². The Labute approximate surface area is 200 Å². The van der Waals surface area contributed by atoms with Gasteiger partial charge in [-0.15, -0.1) is 0 Å². The van der Waals surface area contributed by atoms with Crippen molar-refractivity contribution in [2.75, 3.05) is 26.3 Å². The molecule has 1 aliphatic heterocycles. The van der Waals surface area contributed by atoms with E-state index in [-0.39, 0.29) is 17.9 Å². The highest BCUT2D eigenvalue weighted by molar-refractivity contribution is 5.95. The SMILES string of the molecule is CCCc1c(C(=O)N2CCOC(COc3cc(C)nc(C(C)C)n3)C2)cnn1-c1ccccc1. The van der Waals surface area contributed by atoms with Crippen LogP contribution >= 0.6 is 0 Å². The maximum Gasteiger partial charge on any atom is 0.257 e. The molecule has 0 saturated carbocycles. The van der Waals surface area contributed by atoms with Gasteiger partial charge >= 0.3 is 0 Å². The molecule has 0 aliphatic carbocycles. The van der Waals surface area contributed by atoms with Crippen molar-refractivity contribution in [3.8, 4) is 11.6 Å². The van der Waals surface area contributed by atoms with E-state index >= 15 is 0 Å². The molecule has 1 aromatic carbocycles. The smallest absolute Gasteiger partial charge is 0.257 e. The van der Waals surface area contributed by atoms with Crippen molar-refractivity contribution in [2.45, 2.75) is 52.6 Å². The number of amides is 1. The van der Waals surface area contributed by atoms with Crippen LogP contribution in [0.5, 0.6) is 5.88 Å². The lowest BCUT2D eigenvalue weighted by atomic mass is 10.1. The minimum atomic E-state index is -0.228. The summed E-state index contributed by atoms with van der Waals surface area (Å²) in [5.41, 5.74) is 3.42. The summed E-state index contributed by atoms with van der Waals surface area (Å²) < 4.78 is 13.7. The van der Waals surface area contributed by atoms with E-state index < -0.39 is 0 Å². The molecule has 1 aliphatic rings. The molecule has 2 aromatic heterocycles. The first kappa shape index (κ1) is 23.9. The average molecular weight is 464 g/mol. The van der Waals surface area contributed by atoms with Crippen LogP contribution < -0.4 is 4.74 Å². The molecular weight excluding hydrogens is 430 g/mol. The molecule has 3 heterocycles. The zero-order valence-electron chi connectivity index (χ0n) is 20.4. The fraction of sp³-hybridized carbons (Fsp3) is 0.462. The van der Waals surface area contributed by atoms with Gasteiger partial charge in [-0.05, 0) is 25.5 Å². The van der Waals surface area contributed by atoms with E-state index in [1.54, 1.807) is 6.20 Å². The van der Waals surface area contributed by atoms with Gasteiger partial charge in [0, 0.05) is 24.2 Å². The van der Waals surface area contributed by atoms with Gasteiger partial charge in [0.05, 0.1) is 36.3 Å². The fourth-order valence-electron chi connectivity index (χ4n) is 4.07. The van der Waals surface area contributed by atoms with Crippen LogP contribution in [0.2, 0.25) is 0 Å². The third-order valence-electron chi connectivity index (χ3n) is 5.79. The first-order chi connectivity index (χ1) is 16.5. The zero-order valence-corrected chi connectivity index (χ0v) is 20.4. The molecule has 180 valence electrons. The second-order valence-corrected chi connectivity index (χ2v) is 8.92. The highest BCUT2D eigenvalue weighted by Gasteiger charge is 2.28. The minimum absolute atomic E-state index is 0.0149. The second kappa shape index (κ2) is 10.8. The Kier molecular flexibility index (Phi) is 7.57. The predicted molar refractivity (Wildman–Crippen MR) is 130 cm³/mol. The fourth-order valence-corrected chi connectivity index (χ4v) is 4.07. The zero-order chi connectivity index (χ0) is 24.1. The van der Waals surface area contributed by atoms with Crippen LogP contribution in [0, 0.1) is 6.92 Å². The van der Waals surface area contributed by atoms with Crippen molar-refractivity contribution in [1.82, 2.24) is 24.6 Å². The number of rotatable bonds is 8. The number of para-hydroxylation sites is 1. The van der Waals surface area contributed by atoms with E-state index in [0.717, 1.165) is 35.7 Å². The quantitative estimate of drug-likeness (QED) is 0.503. The van der Waals surface area contributed by atoms with Crippen molar-refractivity contribution in [2.24, 2.45) is 0 Å². The van der Waals surface area contributed by atoms with Crippen molar-refractivity contribution in [3.05, 3.63) is 65.4 Å². The molecule has 1 fully saturated rings. The van der Waals surface area contributed by atoms with Gasteiger partial charge < -0.3 is 14.4 Å². The minimum Gasteiger partial charge on any atom is -0.475 e. The van der Waals surface area contributed by atoms with Crippen molar-refractivity contribution in [3.63, 3.8) is 0 Å². The third kappa shape index (κ3) is 5.44. The summed E-state index contributed by atoms with van der Waals surface area (Å²) in [5, 5.41) is 4.55. The van der Waals surface area contributed by atoms with E-state index in [2.05, 4.69) is 35.8 Å². The van der Waals surface area contributed by atoms with Crippen molar-refractivity contribution in [1.29, 1.82) is 0 Å². The highest BCUT2D eigenvalue weighted by atomic mass is 16.5. The van der Waals surface area contributed by atoms with Gasteiger partial charge in [0.1, 0.15) is 18.5 Å². The summed E-state index contributed by atoms with van der Waals surface area (Å²) in [5.74, 6) is 1.50. The van der Waals surface area contributed by atoms with E-state index in [1.807, 2.05) is 52.9 Å². The highest BCUT2D eigenvalue weighted by Crippen LogP contribution is 2.21. The Morgan fingerprint density at radius 3 is 2.76 bits per heavy atom. The van der Waals surface area contributed by atoms with Gasteiger partial charge in [-0.25, -0.2) is 9.67 Å². The molecule has 1 unspecified atom stereocenters. The molecule has 8 heteroatoms. The summed E-state index contributed by atoms with van der Waals surface area (Å²) >= 11 is 0. The average Bonchev–Trinajstić information content (AvgIpc) is 3.26. The van der Waals surface area contributed by atoms with Crippen LogP contribution in [0.25, 0.3) is 5.69 Å². The summed E-state index contributed by atoms with van der Waals surface area (Å²) in [6.45, 7) is 9.94. The monoisotopic (exact) mass is 463 g/mol. The Hall–Kier alpha value is -3.26. The molecule has 1 saturated heterocycles. The Bertz CT molecular complexity index is 1110. The summed E-state index contributed by atoms with van der Waals surface area (Å²) in [7, 11) is 0. The molecule has 0 spiro atoms. The number of hydrogen-bond donors (Lipinski definition) is 0. The van der Waals surface area contributed by atoms with Crippen LogP contribution in [0.15, 0.2) is 42.6 Å². The number of morpholine rings is 1. The van der Waals surface area contributed by atoms with E-state index in [4.69, 9.17) is 9.47 Å². The molecule has 0 N–H and O–H groups in total. The van der Waals surface area contributed by atoms with Crippen LogP contribution in [0.1, 0.15) is 60.7 Å². The van der Waals surface area contributed by atoms with Gasteiger partial charge in [0.25, 0.3) is 5.91 Å². The number of aromatic nitrogens is 4. The van der Waals surface area contributed by atoms with Crippen molar-refractivity contribution >= 4 is 5.91 Å². The molecule has 0 radical (unpaired) electrons. The lowest BCUT2D eigenvalue weighted by molar-refractivity contribution is -0.0408. The van der Waals surface area contributed by atoms with E-state index in [9.17, 15) is 4.79 Å². The van der Waals surface area contributed by atoms with Gasteiger partial charge in [-0.3, -0.25) is 4.79 Å². The molecule has 0 bridgehead atoms. The second-order valence-electron chi connectivity index (χ2n) is 8.92. The first-order valence-electron chi connectivity index (χ1n) is 12.0. The van der Waals surface area contributed by atoms with Gasteiger partial charge in [-0.2, -0.15) is 10.1 Å². The van der Waals surface area contributed by atoms with Crippen LogP contribution in [0.3, 0.4) is 0 Å². The summed E-state index contributed by atoms with van der Waals surface area (Å²) in [6.07, 6.45) is 3.17. The largest absolute Gasteiger partial charge is 0.475 e. The molecule has 8 nitrogen and oxygen atoms in total.